The van der Waals surface area contributed by atoms with Gasteiger partial charge in [0, 0.05) is 6.54 Å². The monoisotopic (exact) mass is 374 g/mol. The molecule has 0 aromatic heterocycles. The second-order valence-corrected chi connectivity index (χ2v) is 7.58. The Morgan fingerprint density at radius 3 is 2.50 bits per heavy atom. The number of guanidine groups is 1. The van der Waals surface area contributed by atoms with Gasteiger partial charge in [0.2, 0.25) is 5.96 Å². The smallest absolute Gasteiger partial charge is 0.264 e. The van der Waals surface area contributed by atoms with Gasteiger partial charge in [-0.1, -0.05) is 30.3 Å². The maximum Gasteiger partial charge on any atom is 0.264 e. The van der Waals surface area contributed by atoms with Gasteiger partial charge in [-0.05, 0) is 36.2 Å². The predicted molar refractivity (Wildman–Crippen MR) is 100 cm³/mol. The third kappa shape index (κ3) is 4.74. The number of rotatable bonds is 6. The second-order valence-electron chi connectivity index (χ2n) is 5.89. The Kier molecular flexibility index (Phi) is 5.75. The number of benzene rings is 2. The highest BCUT2D eigenvalue weighted by atomic mass is 32.2. The highest BCUT2D eigenvalue weighted by Gasteiger charge is 2.19. The highest BCUT2D eigenvalue weighted by Crippen LogP contribution is 2.15. The van der Waals surface area contributed by atoms with Crippen molar-refractivity contribution in [2.75, 3.05) is 27.0 Å². The predicted octanol–water partition coefficient (Wildman–Crippen LogP) is 1.39. The van der Waals surface area contributed by atoms with Gasteiger partial charge < -0.3 is 10.1 Å². The minimum absolute atomic E-state index is 0.161. The molecule has 0 bridgehead atoms. The topological polar surface area (TPSA) is 83.0 Å². The molecule has 0 aliphatic carbocycles. The van der Waals surface area contributed by atoms with Crippen molar-refractivity contribution in [3.63, 3.8) is 0 Å². The van der Waals surface area contributed by atoms with E-state index >= 15 is 0 Å². The summed E-state index contributed by atoms with van der Waals surface area (Å²) in [4.78, 5) is 6.55. The summed E-state index contributed by atoms with van der Waals surface area (Å²) in [6.07, 6.45) is 0.922. The van der Waals surface area contributed by atoms with Crippen molar-refractivity contribution in [3.8, 4) is 5.75 Å². The molecular formula is C18H22N4O3S. The number of nitrogens with one attached hydrogen (secondary N) is 2. The molecule has 2 aromatic carbocycles. The lowest BCUT2D eigenvalue weighted by Crippen LogP contribution is -2.50. The van der Waals surface area contributed by atoms with Crippen LogP contribution in [0.1, 0.15) is 5.56 Å². The third-order valence-corrected chi connectivity index (χ3v) is 5.41. The molecular weight excluding hydrogens is 352 g/mol. The lowest BCUT2D eigenvalue weighted by atomic mass is 10.1. The first-order chi connectivity index (χ1) is 12.6. The van der Waals surface area contributed by atoms with Gasteiger partial charge in [0.05, 0.1) is 25.3 Å². The Morgan fingerprint density at radius 1 is 1.15 bits per heavy atom. The second kappa shape index (κ2) is 8.20. The SMILES string of the molecule is COc1ccc(S(=O)(=O)NC2=NCN(CCc3ccccc3)CN2)cc1. The van der Waals surface area contributed by atoms with Gasteiger partial charge in [-0.3, -0.25) is 4.90 Å². The Hall–Kier alpha value is -2.58. The van der Waals surface area contributed by atoms with Crippen molar-refractivity contribution in [2.45, 2.75) is 11.3 Å². The zero-order valence-electron chi connectivity index (χ0n) is 14.6. The van der Waals surface area contributed by atoms with Gasteiger partial charge in [-0.2, -0.15) is 0 Å². The number of hydrogen-bond donors (Lipinski definition) is 2. The van der Waals surface area contributed by atoms with E-state index in [1.165, 1.54) is 24.8 Å². The van der Waals surface area contributed by atoms with E-state index in [1.54, 1.807) is 12.1 Å². The molecule has 0 saturated heterocycles. The largest absolute Gasteiger partial charge is 0.497 e. The molecule has 2 aromatic rings. The average molecular weight is 374 g/mol. The van der Waals surface area contributed by atoms with Gasteiger partial charge in [-0.15, -0.1) is 0 Å². The van der Waals surface area contributed by atoms with Gasteiger partial charge in [0.25, 0.3) is 10.0 Å². The van der Waals surface area contributed by atoms with Gasteiger partial charge in [-0.25, -0.2) is 18.1 Å². The molecule has 0 spiro atoms. The zero-order chi connectivity index (χ0) is 18.4. The van der Waals surface area contributed by atoms with Crippen molar-refractivity contribution in [1.29, 1.82) is 0 Å². The summed E-state index contributed by atoms with van der Waals surface area (Å²) in [5.74, 6) is 0.864. The van der Waals surface area contributed by atoms with E-state index in [0.29, 0.717) is 19.1 Å². The molecule has 0 saturated carbocycles. The third-order valence-electron chi connectivity index (χ3n) is 4.06. The van der Waals surface area contributed by atoms with Crippen LogP contribution in [0.5, 0.6) is 5.75 Å². The molecule has 1 heterocycles. The molecule has 1 aliphatic rings. The van der Waals surface area contributed by atoms with Crippen LogP contribution in [0.4, 0.5) is 0 Å². The number of sulfonamides is 1. The maximum absolute atomic E-state index is 12.4. The summed E-state index contributed by atoms with van der Waals surface area (Å²) >= 11 is 0. The van der Waals surface area contributed by atoms with Crippen molar-refractivity contribution in [3.05, 3.63) is 60.2 Å². The van der Waals surface area contributed by atoms with Crippen molar-refractivity contribution >= 4 is 16.0 Å². The van der Waals surface area contributed by atoms with Crippen LogP contribution in [0.25, 0.3) is 0 Å². The van der Waals surface area contributed by atoms with Crippen LogP contribution in [-0.2, 0) is 16.4 Å². The van der Waals surface area contributed by atoms with Crippen LogP contribution < -0.4 is 14.8 Å². The lowest BCUT2D eigenvalue weighted by Gasteiger charge is -2.27. The molecule has 0 radical (unpaired) electrons. The van der Waals surface area contributed by atoms with Crippen LogP contribution >= 0.6 is 0 Å². The first-order valence-corrected chi connectivity index (χ1v) is 9.76. The summed E-state index contributed by atoms with van der Waals surface area (Å²) in [5.41, 5.74) is 1.27. The zero-order valence-corrected chi connectivity index (χ0v) is 15.4. The van der Waals surface area contributed by atoms with E-state index in [1.807, 2.05) is 18.2 Å². The van der Waals surface area contributed by atoms with Crippen LogP contribution in [-0.4, -0.2) is 46.3 Å². The van der Waals surface area contributed by atoms with Crippen molar-refractivity contribution in [1.82, 2.24) is 14.9 Å². The van der Waals surface area contributed by atoms with E-state index < -0.39 is 10.0 Å². The molecule has 26 heavy (non-hydrogen) atoms. The van der Waals surface area contributed by atoms with Crippen LogP contribution in [0.2, 0.25) is 0 Å². The van der Waals surface area contributed by atoms with Gasteiger partial charge >= 0.3 is 0 Å². The fourth-order valence-electron chi connectivity index (χ4n) is 2.55. The standard InChI is InChI=1S/C18H22N4O3S/c1-25-16-7-9-17(10-8-16)26(23,24)21-18-19-13-22(14-20-18)12-11-15-5-3-2-4-6-15/h2-10H,11-14H2,1H3,(H2,19,20,21). The van der Waals surface area contributed by atoms with E-state index in [2.05, 4.69) is 32.1 Å². The summed E-state index contributed by atoms with van der Waals surface area (Å²) in [7, 11) is -2.14. The normalized spacial score (nSPS) is 15.0. The highest BCUT2D eigenvalue weighted by molar-refractivity contribution is 7.90. The van der Waals surface area contributed by atoms with Crippen molar-refractivity contribution < 1.29 is 13.2 Å². The first kappa shape index (κ1) is 18.2. The molecule has 0 fully saturated rings. The molecule has 1 aliphatic heterocycles. The van der Waals surface area contributed by atoms with Crippen LogP contribution in [0.3, 0.4) is 0 Å². The summed E-state index contributed by atoms with van der Waals surface area (Å²) < 4.78 is 32.3. The molecule has 7 nitrogen and oxygen atoms in total. The number of ether oxygens (including phenoxy) is 1. The average Bonchev–Trinajstić information content (AvgIpc) is 2.68. The number of nitrogens with zero attached hydrogens (tertiary/aromatic N) is 2. The summed E-state index contributed by atoms with van der Waals surface area (Å²) in [6.45, 7) is 1.83. The van der Waals surface area contributed by atoms with Crippen LogP contribution in [0, 0.1) is 0 Å². The van der Waals surface area contributed by atoms with Gasteiger partial charge in [0.15, 0.2) is 0 Å². The molecule has 0 amide bonds. The Balaban J connectivity index is 1.55. The number of methoxy groups -OCH3 is 1. The van der Waals surface area contributed by atoms with Crippen molar-refractivity contribution in [2.24, 2.45) is 4.99 Å². The maximum atomic E-state index is 12.4. The molecule has 8 heteroatoms. The number of hydrogen-bond acceptors (Lipinski definition) is 6. The van der Waals surface area contributed by atoms with E-state index in [4.69, 9.17) is 4.74 Å². The molecule has 0 atom stereocenters. The fourth-order valence-corrected chi connectivity index (χ4v) is 3.56. The number of aliphatic imine (C=N–C) groups is 1. The molecule has 2 N–H and O–H groups in total. The molecule has 3 rings (SSSR count). The van der Waals surface area contributed by atoms with Crippen LogP contribution in [0.15, 0.2) is 64.5 Å². The molecule has 138 valence electrons. The van der Waals surface area contributed by atoms with E-state index in [9.17, 15) is 8.42 Å². The summed E-state index contributed by atoms with van der Waals surface area (Å²) in [6, 6.07) is 16.4. The van der Waals surface area contributed by atoms with E-state index in [-0.39, 0.29) is 10.9 Å². The Labute approximate surface area is 153 Å². The minimum Gasteiger partial charge on any atom is -0.497 e. The molecule has 0 unspecified atom stereocenters. The first-order valence-electron chi connectivity index (χ1n) is 8.28. The van der Waals surface area contributed by atoms with Gasteiger partial charge in [0.1, 0.15) is 5.75 Å². The fraction of sp³-hybridized carbons (Fsp3) is 0.278. The van der Waals surface area contributed by atoms with E-state index in [0.717, 1.165) is 13.0 Å². The minimum atomic E-state index is -3.67. The lowest BCUT2D eigenvalue weighted by molar-refractivity contribution is 0.267. The Bertz CT molecular complexity index is 852. The Morgan fingerprint density at radius 2 is 1.88 bits per heavy atom. The summed E-state index contributed by atoms with van der Waals surface area (Å²) in [5, 5.41) is 3.01. The quantitative estimate of drug-likeness (QED) is 0.798.